The van der Waals surface area contributed by atoms with Gasteiger partial charge in [-0.1, -0.05) is 12.8 Å². The first kappa shape index (κ1) is 17.4. The molecule has 27 heavy (non-hydrogen) atoms. The van der Waals surface area contributed by atoms with Crippen molar-refractivity contribution in [2.45, 2.75) is 25.7 Å². The van der Waals surface area contributed by atoms with E-state index in [0.29, 0.717) is 30.2 Å². The number of aromatic amines is 1. The summed E-state index contributed by atoms with van der Waals surface area (Å²) in [6.07, 6.45) is 6.07. The number of aromatic nitrogens is 2. The highest BCUT2D eigenvalue weighted by molar-refractivity contribution is 5.90. The van der Waals surface area contributed by atoms with Gasteiger partial charge in [0.05, 0.1) is 28.7 Å². The van der Waals surface area contributed by atoms with Crippen LogP contribution in [0.15, 0.2) is 23.3 Å². The lowest BCUT2D eigenvalue weighted by Gasteiger charge is -2.36. The molecule has 2 heterocycles. The Morgan fingerprint density at radius 1 is 1.22 bits per heavy atom. The standard InChI is InChI=1S/C18H21N5O4/c24-17-10-21(5-6-22(17)9-12-3-1-2-4-12)15-8-14-13(7-16(15)23(26)27)18(25)20-11-19-14/h7-8,11-12H,1-6,9-10H2,(H,19,20,25). The number of H-pyrrole nitrogens is 1. The first-order valence-electron chi connectivity index (χ1n) is 9.21. The van der Waals surface area contributed by atoms with Gasteiger partial charge in [-0.05, 0) is 24.8 Å². The van der Waals surface area contributed by atoms with Crippen molar-refractivity contribution in [2.24, 2.45) is 5.92 Å². The van der Waals surface area contributed by atoms with Gasteiger partial charge in [0.15, 0.2) is 0 Å². The van der Waals surface area contributed by atoms with Crippen LogP contribution in [0.3, 0.4) is 0 Å². The van der Waals surface area contributed by atoms with Crippen molar-refractivity contribution >= 4 is 28.2 Å². The second-order valence-corrected chi connectivity index (χ2v) is 7.26. The smallest absolute Gasteiger partial charge is 0.293 e. The first-order chi connectivity index (χ1) is 13.0. The molecule has 2 aromatic rings. The molecule has 2 fully saturated rings. The van der Waals surface area contributed by atoms with Crippen LogP contribution in [-0.4, -0.2) is 51.9 Å². The fourth-order valence-electron chi connectivity index (χ4n) is 4.10. The molecule has 142 valence electrons. The number of benzene rings is 1. The topological polar surface area (TPSA) is 112 Å². The van der Waals surface area contributed by atoms with Crippen molar-refractivity contribution in [2.75, 3.05) is 31.1 Å². The van der Waals surface area contributed by atoms with Crippen molar-refractivity contribution in [3.8, 4) is 0 Å². The molecule has 0 bridgehead atoms. The van der Waals surface area contributed by atoms with Gasteiger partial charge in [0.25, 0.3) is 11.2 Å². The lowest BCUT2D eigenvalue weighted by molar-refractivity contribution is -0.384. The Bertz CT molecular complexity index is 950. The zero-order valence-corrected chi connectivity index (χ0v) is 14.9. The van der Waals surface area contributed by atoms with Gasteiger partial charge in [-0.3, -0.25) is 19.7 Å². The normalized spacial score (nSPS) is 18.4. The van der Waals surface area contributed by atoms with Crippen molar-refractivity contribution in [1.29, 1.82) is 0 Å². The lowest BCUT2D eigenvalue weighted by Crippen LogP contribution is -2.51. The molecule has 1 aromatic heterocycles. The average molecular weight is 371 g/mol. The van der Waals surface area contributed by atoms with Gasteiger partial charge < -0.3 is 14.8 Å². The largest absolute Gasteiger partial charge is 0.355 e. The fraction of sp³-hybridized carbons (Fsp3) is 0.500. The van der Waals surface area contributed by atoms with E-state index in [9.17, 15) is 19.7 Å². The molecule has 0 atom stereocenters. The number of rotatable bonds is 4. The Balaban J connectivity index is 1.60. The Morgan fingerprint density at radius 2 is 2.00 bits per heavy atom. The molecule has 1 aliphatic carbocycles. The van der Waals surface area contributed by atoms with E-state index in [2.05, 4.69) is 9.97 Å². The second-order valence-electron chi connectivity index (χ2n) is 7.26. The third-order valence-electron chi connectivity index (χ3n) is 5.55. The van der Waals surface area contributed by atoms with Crippen LogP contribution >= 0.6 is 0 Å². The molecule has 0 radical (unpaired) electrons. The van der Waals surface area contributed by atoms with Gasteiger partial charge in [0.1, 0.15) is 5.69 Å². The van der Waals surface area contributed by atoms with E-state index in [1.54, 1.807) is 4.90 Å². The quantitative estimate of drug-likeness (QED) is 0.646. The van der Waals surface area contributed by atoms with Crippen LogP contribution < -0.4 is 10.5 Å². The van der Waals surface area contributed by atoms with Crippen molar-refractivity contribution in [3.05, 3.63) is 38.9 Å². The highest BCUT2D eigenvalue weighted by atomic mass is 16.6. The van der Waals surface area contributed by atoms with Crippen LogP contribution in [-0.2, 0) is 4.79 Å². The monoisotopic (exact) mass is 371 g/mol. The third kappa shape index (κ3) is 3.36. The second kappa shape index (κ2) is 6.98. The lowest BCUT2D eigenvalue weighted by atomic mass is 10.1. The van der Waals surface area contributed by atoms with Gasteiger partial charge in [-0.2, -0.15) is 0 Å². The van der Waals surface area contributed by atoms with Crippen LogP contribution in [0.4, 0.5) is 11.4 Å². The number of nitrogens with one attached hydrogen (secondary N) is 1. The molecule has 9 heteroatoms. The van der Waals surface area contributed by atoms with Crippen LogP contribution in [0.25, 0.3) is 10.9 Å². The van der Waals surface area contributed by atoms with E-state index in [0.717, 1.165) is 6.54 Å². The number of hydrogen-bond donors (Lipinski definition) is 1. The van der Waals surface area contributed by atoms with Crippen LogP contribution in [0.2, 0.25) is 0 Å². The van der Waals surface area contributed by atoms with Crippen LogP contribution in [0, 0.1) is 16.0 Å². The molecule has 4 rings (SSSR count). The number of nitrogens with zero attached hydrogens (tertiary/aromatic N) is 4. The summed E-state index contributed by atoms with van der Waals surface area (Å²) in [5, 5.41) is 11.7. The third-order valence-corrected chi connectivity index (χ3v) is 5.55. The van der Waals surface area contributed by atoms with E-state index >= 15 is 0 Å². The summed E-state index contributed by atoms with van der Waals surface area (Å²) in [7, 11) is 0. The van der Waals surface area contributed by atoms with Crippen LogP contribution in [0.5, 0.6) is 0 Å². The molecule has 1 saturated heterocycles. The van der Waals surface area contributed by atoms with Gasteiger partial charge in [0.2, 0.25) is 5.91 Å². The molecule has 2 aliphatic rings. The summed E-state index contributed by atoms with van der Waals surface area (Å²) in [5.74, 6) is 0.563. The van der Waals surface area contributed by atoms with Crippen molar-refractivity contribution < 1.29 is 9.72 Å². The number of nitro benzene ring substituents is 1. The molecule has 1 saturated carbocycles. The van der Waals surface area contributed by atoms with Crippen LogP contribution in [0.1, 0.15) is 25.7 Å². The number of anilines is 1. The molecule has 1 N–H and O–H groups in total. The Morgan fingerprint density at radius 3 is 2.70 bits per heavy atom. The molecule has 0 unspecified atom stereocenters. The van der Waals surface area contributed by atoms with E-state index in [1.807, 2.05) is 4.90 Å². The average Bonchev–Trinajstić information content (AvgIpc) is 3.16. The summed E-state index contributed by atoms with van der Waals surface area (Å²) in [5.41, 5.74) is 0.102. The van der Waals surface area contributed by atoms with E-state index in [-0.39, 0.29) is 23.5 Å². The minimum absolute atomic E-state index is 0.0126. The summed E-state index contributed by atoms with van der Waals surface area (Å²) < 4.78 is 0. The molecule has 1 aromatic carbocycles. The number of carbonyl (C=O) groups is 1. The number of amides is 1. The molecule has 1 aliphatic heterocycles. The SMILES string of the molecule is O=C1CN(c2cc3nc[nH]c(=O)c3cc2[N+](=O)[O-])CCN1CC1CCCC1. The minimum atomic E-state index is -0.517. The van der Waals surface area contributed by atoms with Gasteiger partial charge in [-0.25, -0.2) is 4.98 Å². The number of hydrogen-bond acceptors (Lipinski definition) is 6. The fourth-order valence-corrected chi connectivity index (χ4v) is 4.10. The Hall–Kier alpha value is -2.97. The van der Waals surface area contributed by atoms with Crippen molar-refractivity contribution in [3.63, 3.8) is 0 Å². The van der Waals surface area contributed by atoms with E-state index < -0.39 is 10.5 Å². The van der Waals surface area contributed by atoms with Crippen molar-refractivity contribution in [1.82, 2.24) is 14.9 Å². The first-order valence-corrected chi connectivity index (χ1v) is 9.21. The number of nitro groups is 1. The summed E-state index contributed by atoms with van der Waals surface area (Å²) in [6.45, 7) is 1.95. The Labute approximate surface area is 155 Å². The van der Waals surface area contributed by atoms with Gasteiger partial charge in [0, 0.05) is 25.7 Å². The minimum Gasteiger partial charge on any atom is -0.355 e. The Kier molecular flexibility index (Phi) is 4.51. The zero-order chi connectivity index (χ0) is 19.0. The predicted molar refractivity (Wildman–Crippen MR) is 99.8 cm³/mol. The summed E-state index contributed by atoms with van der Waals surface area (Å²) in [4.78, 5) is 45.7. The molecule has 9 nitrogen and oxygen atoms in total. The molecule has 0 spiro atoms. The van der Waals surface area contributed by atoms with Gasteiger partial charge in [-0.15, -0.1) is 0 Å². The highest BCUT2D eigenvalue weighted by Crippen LogP contribution is 2.32. The number of carbonyl (C=O) groups excluding carboxylic acids is 1. The maximum Gasteiger partial charge on any atom is 0.293 e. The van der Waals surface area contributed by atoms with E-state index in [4.69, 9.17) is 0 Å². The summed E-state index contributed by atoms with van der Waals surface area (Å²) >= 11 is 0. The highest BCUT2D eigenvalue weighted by Gasteiger charge is 2.30. The van der Waals surface area contributed by atoms with Gasteiger partial charge >= 0.3 is 0 Å². The van der Waals surface area contributed by atoms with E-state index in [1.165, 1.54) is 44.1 Å². The number of piperazine rings is 1. The predicted octanol–water partition coefficient (Wildman–Crippen LogP) is 1.67. The number of fused-ring (bicyclic) bond motifs is 1. The zero-order valence-electron chi connectivity index (χ0n) is 14.9. The molecular weight excluding hydrogens is 350 g/mol. The maximum absolute atomic E-state index is 12.6. The molecule has 1 amide bonds. The summed E-state index contributed by atoms with van der Waals surface area (Å²) in [6, 6.07) is 2.77. The maximum atomic E-state index is 12.6. The molecular formula is C18H21N5O4.